The summed E-state index contributed by atoms with van der Waals surface area (Å²) in [5, 5.41) is 0. The molecule has 0 fully saturated rings. The number of nitrogens with two attached hydrogens (primary N) is 2. The molecule has 0 radical (unpaired) electrons. The summed E-state index contributed by atoms with van der Waals surface area (Å²) >= 11 is 0. The number of rotatable bonds is 3. The fourth-order valence-electron chi connectivity index (χ4n) is 4.65. The molecule has 0 aliphatic rings. The maximum absolute atomic E-state index is 6.68. The van der Waals surface area contributed by atoms with Crippen molar-refractivity contribution in [2.75, 3.05) is 11.5 Å². The van der Waals surface area contributed by atoms with Gasteiger partial charge in [0.1, 0.15) is 22.7 Å². The second-order valence-electron chi connectivity index (χ2n) is 8.88. The van der Waals surface area contributed by atoms with Crippen LogP contribution in [0.2, 0.25) is 0 Å². The summed E-state index contributed by atoms with van der Waals surface area (Å²) in [6.07, 6.45) is 3.54. The van der Waals surface area contributed by atoms with Gasteiger partial charge in [-0.15, -0.1) is 0 Å². The van der Waals surface area contributed by atoms with Crippen molar-refractivity contribution in [2.24, 2.45) is 14.1 Å². The fourth-order valence-corrected chi connectivity index (χ4v) is 4.65. The highest BCUT2D eigenvalue weighted by molar-refractivity contribution is 6.00. The second kappa shape index (κ2) is 7.05. The van der Waals surface area contributed by atoms with Crippen molar-refractivity contribution in [1.82, 2.24) is 33.6 Å². The van der Waals surface area contributed by atoms with Crippen LogP contribution >= 0.6 is 0 Å². The van der Waals surface area contributed by atoms with Crippen LogP contribution in [-0.4, -0.2) is 33.6 Å². The lowest BCUT2D eigenvalue weighted by Gasteiger charge is -2.09. The van der Waals surface area contributed by atoms with Gasteiger partial charge in [-0.2, -0.15) is 0 Å². The van der Waals surface area contributed by atoms with Crippen LogP contribution in [0, 0.1) is 0 Å². The second-order valence-corrected chi connectivity index (χ2v) is 8.88. The fraction of sp³-hybridized carbons (Fsp3) is 0.200. The maximum Gasteiger partial charge on any atom is 0.162 e. The first-order valence-electron chi connectivity index (χ1n) is 11.1. The quantitative estimate of drug-likeness (QED) is 0.388. The molecular weight excluding hydrogens is 426 g/mol. The molecule has 0 atom stereocenters. The number of anilines is 2. The molecule has 0 saturated carbocycles. The van der Waals surface area contributed by atoms with Crippen LogP contribution in [0.4, 0.5) is 11.4 Å². The largest absolute Gasteiger partial charge is 0.396 e. The Hall–Kier alpha value is -4.40. The van der Waals surface area contributed by atoms with Crippen molar-refractivity contribution in [3.63, 3.8) is 0 Å². The van der Waals surface area contributed by atoms with E-state index >= 15 is 0 Å². The van der Waals surface area contributed by atoms with Crippen molar-refractivity contribution in [1.29, 1.82) is 0 Å². The average molecular weight is 452 g/mol. The third-order valence-electron chi connectivity index (χ3n) is 6.55. The summed E-state index contributed by atoms with van der Waals surface area (Å²) in [6, 6.07) is 12.3. The highest BCUT2D eigenvalue weighted by Crippen LogP contribution is 2.37. The lowest BCUT2D eigenvalue weighted by Crippen LogP contribution is -2.02. The number of para-hydroxylation sites is 2. The average Bonchev–Trinajstić information content (AvgIpc) is 3.50. The summed E-state index contributed by atoms with van der Waals surface area (Å²) in [6.45, 7) is 4.17. The molecule has 34 heavy (non-hydrogen) atoms. The molecule has 4 heterocycles. The van der Waals surface area contributed by atoms with E-state index in [0.717, 1.165) is 39.1 Å². The van der Waals surface area contributed by atoms with E-state index in [1.165, 1.54) is 0 Å². The molecule has 4 aromatic heterocycles. The summed E-state index contributed by atoms with van der Waals surface area (Å²) in [4.78, 5) is 18.9. The van der Waals surface area contributed by atoms with Gasteiger partial charge in [-0.3, -0.25) is 0 Å². The zero-order valence-corrected chi connectivity index (χ0v) is 19.5. The molecule has 9 heteroatoms. The molecule has 0 spiro atoms. The van der Waals surface area contributed by atoms with Gasteiger partial charge in [0.25, 0.3) is 0 Å². The van der Waals surface area contributed by atoms with Crippen LogP contribution in [0.25, 0.3) is 56.0 Å². The number of benzene rings is 2. The molecule has 6 aromatic rings. The van der Waals surface area contributed by atoms with Gasteiger partial charge in [0.2, 0.25) is 0 Å². The highest BCUT2D eigenvalue weighted by Gasteiger charge is 2.21. The third kappa shape index (κ3) is 2.67. The van der Waals surface area contributed by atoms with Gasteiger partial charge in [0.05, 0.1) is 39.8 Å². The Bertz CT molecular complexity index is 1730. The topological polar surface area (TPSA) is 118 Å². The van der Waals surface area contributed by atoms with Gasteiger partial charge in [-0.25, -0.2) is 19.9 Å². The number of aryl methyl sites for hydroxylation is 2. The molecule has 0 aliphatic heterocycles. The van der Waals surface area contributed by atoms with Crippen molar-refractivity contribution in [3.05, 3.63) is 48.9 Å². The minimum Gasteiger partial charge on any atom is -0.396 e. The standard InChI is InChI=1S/C25H25N9/c1-13(2)34-12-29-22-20(27)15(11-28-25(22)34)24-31-21-18(33(24)4)10-9-14(19(21)26)23-30-16-7-5-6-8-17(16)32(23)3/h5-13H,26H2,1-4H3,(H2,27,28). The van der Waals surface area contributed by atoms with E-state index in [9.17, 15) is 0 Å². The van der Waals surface area contributed by atoms with Gasteiger partial charge in [-0.1, -0.05) is 12.1 Å². The Morgan fingerprint density at radius 2 is 1.47 bits per heavy atom. The zero-order valence-electron chi connectivity index (χ0n) is 19.5. The van der Waals surface area contributed by atoms with Gasteiger partial charge < -0.3 is 25.2 Å². The van der Waals surface area contributed by atoms with E-state index in [4.69, 9.17) is 21.4 Å². The summed E-state index contributed by atoms with van der Waals surface area (Å²) in [5.41, 5.74) is 21.0. The van der Waals surface area contributed by atoms with Crippen LogP contribution in [0.1, 0.15) is 19.9 Å². The van der Waals surface area contributed by atoms with Crippen LogP contribution in [0.3, 0.4) is 0 Å². The molecule has 170 valence electrons. The van der Waals surface area contributed by atoms with Gasteiger partial charge >= 0.3 is 0 Å². The smallest absolute Gasteiger partial charge is 0.162 e. The number of pyridine rings is 1. The number of hydrogen-bond acceptors (Lipinski definition) is 6. The number of aromatic nitrogens is 7. The molecule has 9 nitrogen and oxygen atoms in total. The van der Waals surface area contributed by atoms with Crippen molar-refractivity contribution in [2.45, 2.75) is 19.9 Å². The Morgan fingerprint density at radius 3 is 2.24 bits per heavy atom. The Labute approximate surface area is 195 Å². The first kappa shape index (κ1) is 20.2. The molecule has 0 amide bonds. The molecule has 0 aliphatic carbocycles. The monoisotopic (exact) mass is 451 g/mol. The van der Waals surface area contributed by atoms with E-state index < -0.39 is 0 Å². The maximum atomic E-state index is 6.68. The first-order chi connectivity index (χ1) is 16.4. The lowest BCUT2D eigenvalue weighted by molar-refractivity contribution is 0.613. The SMILES string of the molecule is CC(C)n1cnc2c(N)c(-c3nc4c(N)c(-c5nc6ccccc6n5C)ccc4n3C)cnc21. The zero-order chi connectivity index (χ0) is 23.7. The molecule has 0 bridgehead atoms. The molecular formula is C25H25N9. The van der Waals surface area contributed by atoms with Gasteiger partial charge in [-0.05, 0) is 38.1 Å². The predicted molar refractivity (Wildman–Crippen MR) is 136 cm³/mol. The minimum atomic E-state index is 0.236. The Kier molecular flexibility index (Phi) is 4.19. The van der Waals surface area contributed by atoms with Crippen LogP contribution < -0.4 is 11.5 Å². The van der Waals surface area contributed by atoms with Crippen LogP contribution in [0.5, 0.6) is 0 Å². The van der Waals surface area contributed by atoms with Gasteiger partial charge in [0.15, 0.2) is 5.65 Å². The van der Waals surface area contributed by atoms with Crippen molar-refractivity contribution in [3.8, 4) is 22.8 Å². The third-order valence-corrected chi connectivity index (χ3v) is 6.55. The van der Waals surface area contributed by atoms with E-state index in [1.807, 2.05) is 59.6 Å². The lowest BCUT2D eigenvalue weighted by atomic mass is 10.1. The van der Waals surface area contributed by atoms with E-state index in [0.29, 0.717) is 28.2 Å². The number of fused-ring (bicyclic) bond motifs is 3. The number of nitrogen functional groups attached to an aromatic ring is 2. The predicted octanol–water partition coefficient (Wildman–Crippen LogP) is 4.28. The Morgan fingerprint density at radius 1 is 0.765 bits per heavy atom. The van der Waals surface area contributed by atoms with Crippen LogP contribution in [0.15, 0.2) is 48.9 Å². The summed E-state index contributed by atoms with van der Waals surface area (Å²) in [7, 11) is 3.95. The number of nitrogens with zero attached hydrogens (tertiary/aromatic N) is 7. The first-order valence-corrected chi connectivity index (χ1v) is 11.1. The summed E-state index contributed by atoms with van der Waals surface area (Å²) in [5.74, 6) is 1.49. The molecule has 0 unspecified atom stereocenters. The summed E-state index contributed by atoms with van der Waals surface area (Å²) < 4.78 is 6.05. The molecule has 6 rings (SSSR count). The molecule has 4 N–H and O–H groups in total. The minimum absolute atomic E-state index is 0.236. The van der Waals surface area contributed by atoms with Crippen molar-refractivity contribution >= 4 is 44.6 Å². The molecule has 0 saturated heterocycles. The number of hydrogen-bond donors (Lipinski definition) is 2. The Balaban J connectivity index is 1.54. The number of imidazole rings is 3. The molecule has 2 aromatic carbocycles. The highest BCUT2D eigenvalue weighted by atomic mass is 15.1. The van der Waals surface area contributed by atoms with E-state index in [2.05, 4.69) is 28.4 Å². The van der Waals surface area contributed by atoms with Gasteiger partial charge in [0, 0.05) is 31.9 Å². The normalized spacial score (nSPS) is 12.0. The van der Waals surface area contributed by atoms with Crippen LogP contribution in [-0.2, 0) is 14.1 Å². The van der Waals surface area contributed by atoms with Crippen molar-refractivity contribution < 1.29 is 0 Å². The van der Waals surface area contributed by atoms with E-state index in [-0.39, 0.29) is 6.04 Å². The van der Waals surface area contributed by atoms with E-state index in [1.54, 1.807) is 12.5 Å².